The summed E-state index contributed by atoms with van der Waals surface area (Å²) in [6, 6.07) is 29.1. The van der Waals surface area contributed by atoms with Gasteiger partial charge in [-0.05, 0) is 54.6 Å². The maximum Gasteiger partial charge on any atom is 0.246 e. The van der Waals surface area contributed by atoms with Gasteiger partial charge in [-0.1, -0.05) is 48.0 Å². The molecule has 0 bridgehead atoms. The Morgan fingerprint density at radius 3 is 2.49 bits per heavy atom. The number of para-hydroxylation sites is 1. The van der Waals surface area contributed by atoms with Gasteiger partial charge in [0.05, 0.1) is 28.3 Å². The van der Waals surface area contributed by atoms with E-state index in [9.17, 15) is 10.0 Å². The molecular formula is C29H25ClN4O3. The molecule has 0 spiro atoms. The summed E-state index contributed by atoms with van der Waals surface area (Å²) in [6.07, 6.45) is 0.553. The SMILES string of the molecule is CN(O)C(=O)CCc1cc(-c2ccc(Cl)cc2)n(-c2ccc(OCc3ccc4ccccc4n3)cc2)n1. The first kappa shape index (κ1) is 24.5. The molecule has 2 aromatic heterocycles. The predicted octanol–water partition coefficient (Wildman–Crippen LogP) is 6.10. The molecule has 1 amide bonds. The van der Waals surface area contributed by atoms with Crippen LogP contribution in [-0.4, -0.2) is 38.0 Å². The van der Waals surface area contributed by atoms with Crippen LogP contribution >= 0.6 is 11.6 Å². The second-order valence-electron chi connectivity index (χ2n) is 8.63. The highest BCUT2D eigenvalue weighted by molar-refractivity contribution is 6.30. The molecule has 0 aliphatic heterocycles. The van der Waals surface area contributed by atoms with Crippen molar-refractivity contribution in [2.75, 3.05) is 7.05 Å². The Labute approximate surface area is 219 Å². The minimum absolute atomic E-state index is 0.152. The molecule has 0 unspecified atom stereocenters. The zero-order valence-corrected chi connectivity index (χ0v) is 21.0. The van der Waals surface area contributed by atoms with Gasteiger partial charge in [0, 0.05) is 35.9 Å². The third kappa shape index (κ3) is 5.80. The van der Waals surface area contributed by atoms with Crippen LogP contribution in [0.4, 0.5) is 0 Å². The van der Waals surface area contributed by atoms with Crippen LogP contribution in [0.3, 0.4) is 0 Å². The predicted molar refractivity (Wildman–Crippen MR) is 143 cm³/mol. The molecule has 1 N–H and O–H groups in total. The molecule has 8 heteroatoms. The lowest BCUT2D eigenvalue weighted by molar-refractivity contribution is -0.159. The normalized spacial score (nSPS) is 11.0. The van der Waals surface area contributed by atoms with Crippen LogP contribution < -0.4 is 4.74 Å². The number of rotatable bonds is 8. The van der Waals surface area contributed by atoms with Crippen molar-refractivity contribution in [3.8, 4) is 22.7 Å². The number of aryl methyl sites for hydroxylation is 1. The maximum atomic E-state index is 11.9. The lowest BCUT2D eigenvalue weighted by atomic mass is 10.1. The minimum atomic E-state index is -0.370. The zero-order chi connectivity index (χ0) is 25.8. The summed E-state index contributed by atoms with van der Waals surface area (Å²) in [6.45, 7) is 0.361. The zero-order valence-electron chi connectivity index (χ0n) is 20.2. The number of fused-ring (bicyclic) bond motifs is 1. The summed E-state index contributed by atoms with van der Waals surface area (Å²) >= 11 is 6.09. The van der Waals surface area contributed by atoms with Crippen molar-refractivity contribution >= 4 is 28.4 Å². The monoisotopic (exact) mass is 512 g/mol. The van der Waals surface area contributed by atoms with Crippen molar-refractivity contribution in [2.24, 2.45) is 0 Å². The standard InChI is InChI=1S/C29H25ClN4O3/c1-33(36)29(35)17-12-23-18-28(21-6-9-22(30)10-7-21)34(32-23)25-13-15-26(16-14-25)37-19-24-11-8-20-4-2-3-5-27(20)31-24/h2-11,13-16,18,36H,12,17,19H2,1H3. The van der Waals surface area contributed by atoms with Gasteiger partial charge in [-0.25, -0.2) is 14.7 Å². The molecule has 37 heavy (non-hydrogen) atoms. The molecule has 0 fully saturated rings. The Balaban J connectivity index is 1.36. The number of carbonyl (C=O) groups is 1. The number of hydroxylamine groups is 2. The van der Waals surface area contributed by atoms with Gasteiger partial charge in [-0.3, -0.25) is 10.0 Å². The summed E-state index contributed by atoms with van der Waals surface area (Å²) in [5.41, 5.74) is 5.19. The van der Waals surface area contributed by atoms with E-state index in [0.29, 0.717) is 23.1 Å². The van der Waals surface area contributed by atoms with E-state index in [2.05, 4.69) is 4.98 Å². The fraction of sp³-hybridized carbons (Fsp3) is 0.138. The summed E-state index contributed by atoms with van der Waals surface area (Å²) in [4.78, 5) is 16.5. The Hall–Kier alpha value is -4.20. The molecule has 3 aromatic carbocycles. The van der Waals surface area contributed by atoms with Crippen molar-refractivity contribution in [1.82, 2.24) is 19.8 Å². The highest BCUT2D eigenvalue weighted by Gasteiger charge is 2.14. The first-order valence-electron chi connectivity index (χ1n) is 11.8. The van der Waals surface area contributed by atoms with E-state index in [1.807, 2.05) is 95.7 Å². The van der Waals surface area contributed by atoms with Gasteiger partial charge >= 0.3 is 0 Å². The summed E-state index contributed by atoms with van der Waals surface area (Å²) in [7, 11) is 1.32. The maximum absolute atomic E-state index is 11.9. The van der Waals surface area contributed by atoms with E-state index >= 15 is 0 Å². The minimum Gasteiger partial charge on any atom is -0.487 e. The second-order valence-corrected chi connectivity index (χ2v) is 9.07. The van der Waals surface area contributed by atoms with Gasteiger partial charge in [-0.15, -0.1) is 0 Å². The van der Waals surface area contributed by atoms with E-state index in [1.54, 1.807) is 0 Å². The van der Waals surface area contributed by atoms with Gasteiger partial charge in [0.15, 0.2) is 0 Å². The van der Waals surface area contributed by atoms with Crippen molar-refractivity contribution in [3.63, 3.8) is 0 Å². The Bertz CT molecular complexity index is 1530. The molecule has 5 rings (SSSR count). The lowest BCUT2D eigenvalue weighted by Gasteiger charge is -2.10. The van der Waals surface area contributed by atoms with Crippen LogP contribution in [0.2, 0.25) is 5.02 Å². The third-order valence-electron chi connectivity index (χ3n) is 5.98. The number of nitrogens with zero attached hydrogens (tertiary/aromatic N) is 4. The van der Waals surface area contributed by atoms with Gasteiger partial charge in [0.1, 0.15) is 12.4 Å². The first-order chi connectivity index (χ1) is 18.0. The quantitative estimate of drug-likeness (QED) is 0.201. The summed E-state index contributed by atoms with van der Waals surface area (Å²) in [5, 5.41) is 16.4. The summed E-state index contributed by atoms with van der Waals surface area (Å²) < 4.78 is 7.81. The van der Waals surface area contributed by atoms with Gasteiger partial charge in [-0.2, -0.15) is 5.10 Å². The van der Waals surface area contributed by atoms with Crippen LogP contribution in [0.15, 0.2) is 91.0 Å². The molecule has 0 aliphatic rings. The second kappa shape index (κ2) is 10.8. The van der Waals surface area contributed by atoms with Gasteiger partial charge in [0.25, 0.3) is 0 Å². The number of halogens is 1. The lowest BCUT2D eigenvalue weighted by Crippen LogP contribution is -2.22. The topological polar surface area (TPSA) is 80.5 Å². The van der Waals surface area contributed by atoms with Crippen LogP contribution in [0.25, 0.3) is 27.8 Å². The number of amides is 1. The van der Waals surface area contributed by atoms with Crippen molar-refractivity contribution in [2.45, 2.75) is 19.4 Å². The number of aromatic nitrogens is 3. The molecule has 5 aromatic rings. The fourth-order valence-corrected chi connectivity index (χ4v) is 4.13. The Morgan fingerprint density at radius 2 is 1.73 bits per heavy atom. The number of carbonyl (C=O) groups excluding carboxylic acids is 1. The molecule has 7 nitrogen and oxygen atoms in total. The molecule has 186 valence electrons. The Kier molecular flexibility index (Phi) is 7.16. The molecule has 0 radical (unpaired) electrons. The molecule has 0 saturated carbocycles. The average molecular weight is 513 g/mol. The number of pyridine rings is 1. The highest BCUT2D eigenvalue weighted by atomic mass is 35.5. The first-order valence-corrected chi connectivity index (χ1v) is 12.2. The van der Waals surface area contributed by atoms with Crippen LogP contribution in [0.1, 0.15) is 17.8 Å². The van der Waals surface area contributed by atoms with Crippen molar-refractivity contribution in [1.29, 1.82) is 0 Å². The number of hydrogen-bond donors (Lipinski definition) is 1. The van der Waals surface area contributed by atoms with Gasteiger partial charge in [0.2, 0.25) is 5.91 Å². The number of benzene rings is 3. The average Bonchev–Trinajstić information content (AvgIpc) is 3.35. The largest absolute Gasteiger partial charge is 0.487 e. The smallest absolute Gasteiger partial charge is 0.246 e. The third-order valence-corrected chi connectivity index (χ3v) is 6.23. The van der Waals surface area contributed by atoms with Crippen molar-refractivity contribution in [3.05, 3.63) is 107 Å². The van der Waals surface area contributed by atoms with E-state index in [1.165, 1.54) is 7.05 Å². The number of ether oxygens (including phenoxy) is 1. The van der Waals surface area contributed by atoms with Crippen molar-refractivity contribution < 1.29 is 14.7 Å². The molecule has 0 atom stereocenters. The van der Waals surface area contributed by atoms with E-state index in [-0.39, 0.29) is 12.3 Å². The van der Waals surface area contributed by atoms with Crippen LogP contribution in [-0.2, 0) is 17.8 Å². The molecule has 0 aliphatic carbocycles. The van der Waals surface area contributed by atoms with E-state index in [0.717, 1.165) is 45.0 Å². The molecular weight excluding hydrogens is 488 g/mol. The Morgan fingerprint density at radius 1 is 0.973 bits per heavy atom. The molecule has 0 saturated heterocycles. The van der Waals surface area contributed by atoms with Crippen LogP contribution in [0.5, 0.6) is 5.75 Å². The number of hydrogen-bond acceptors (Lipinski definition) is 5. The fourth-order valence-electron chi connectivity index (χ4n) is 4.00. The van der Waals surface area contributed by atoms with E-state index < -0.39 is 0 Å². The van der Waals surface area contributed by atoms with Gasteiger partial charge < -0.3 is 4.74 Å². The van der Waals surface area contributed by atoms with Crippen LogP contribution in [0, 0.1) is 0 Å². The highest BCUT2D eigenvalue weighted by Crippen LogP contribution is 2.27. The summed E-state index contributed by atoms with van der Waals surface area (Å²) in [5.74, 6) is 0.348. The van der Waals surface area contributed by atoms with E-state index in [4.69, 9.17) is 21.4 Å². The molecule has 2 heterocycles.